The fraction of sp³-hybridized carbons (Fsp3) is 0.182. The summed E-state index contributed by atoms with van der Waals surface area (Å²) < 4.78 is 1.82. The van der Waals surface area contributed by atoms with Gasteiger partial charge in [0.05, 0.1) is 17.8 Å². The van der Waals surface area contributed by atoms with Crippen molar-refractivity contribution in [1.29, 1.82) is 0 Å². The van der Waals surface area contributed by atoms with Gasteiger partial charge in [-0.3, -0.25) is 0 Å². The SMILES string of the molecule is C#CC(NC)c1cnn2ccccc12. The van der Waals surface area contributed by atoms with Crippen LogP contribution in [0.2, 0.25) is 0 Å². The van der Waals surface area contributed by atoms with E-state index in [0.717, 1.165) is 11.1 Å². The molecule has 1 N–H and O–H groups in total. The average molecular weight is 185 g/mol. The smallest absolute Gasteiger partial charge is 0.0977 e. The number of aromatic nitrogens is 2. The third-order valence-electron chi connectivity index (χ3n) is 2.22. The first-order valence-electron chi connectivity index (χ1n) is 4.42. The first-order valence-corrected chi connectivity index (χ1v) is 4.42. The first-order chi connectivity index (χ1) is 6.86. The Kier molecular flexibility index (Phi) is 2.21. The lowest BCUT2D eigenvalue weighted by atomic mass is 10.1. The molecular formula is C11H11N3. The summed E-state index contributed by atoms with van der Waals surface area (Å²) in [5.41, 5.74) is 2.08. The predicted molar refractivity (Wildman–Crippen MR) is 55.8 cm³/mol. The third-order valence-corrected chi connectivity index (χ3v) is 2.22. The number of hydrogen-bond donors (Lipinski definition) is 1. The van der Waals surface area contributed by atoms with Gasteiger partial charge in [-0.1, -0.05) is 12.0 Å². The number of hydrogen-bond acceptors (Lipinski definition) is 2. The average Bonchev–Trinajstić information content (AvgIpc) is 2.65. The van der Waals surface area contributed by atoms with E-state index in [0.29, 0.717) is 0 Å². The third kappa shape index (κ3) is 1.26. The van der Waals surface area contributed by atoms with Gasteiger partial charge in [-0.25, -0.2) is 4.52 Å². The van der Waals surface area contributed by atoms with Crippen LogP contribution in [-0.4, -0.2) is 16.7 Å². The molecule has 2 aromatic rings. The van der Waals surface area contributed by atoms with E-state index in [1.54, 1.807) is 6.20 Å². The van der Waals surface area contributed by atoms with Crippen LogP contribution in [0.25, 0.3) is 5.52 Å². The monoisotopic (exact) mass is 185 g/mol. The van der Waals surface area contributed by atoms with Crippen LogP contribution < -0.4 is 5.32 Å². The number of terminal acetylenes is 1. The van der Waals surface area contributed by atoms with Crippen molar-refractivity contribution in [3.05, 3.63) is 36.2 Å². The topological polar surface area (TPSA) is 29.3 Å². The van der Waals surface area contributed by atoms with Crippen molar-refractivity contribution in [3.63, 3.8) is 0 Å². The molecule has 3 nitrogen and oxygen atoms in total. The molecule has 2 aromatic heterocycles. The Morgan fingerprint density at radius 1 is 1.57 bits per heavy atom. The van der Waals surface area contributed by atoms with Crippen molar-refractivity contribution in [3.8, 4) is 12.3 Å². The molecule has 3 heteroatoms. The highest BCUT2D eigenvalue weighted by Crippen LogP contribution is 2.17. The molecule has 2 rings (SSSR count). The molecule has 0 amide bonds. The van der Waals surface area contributed by atoms with E-state index in [1.165, 1.54) is 0 Å². The van der Waals surface area contributed by atoms with Gasteiger partial charge in [-0.2, -0.15) is 5.10 Å². The molecule has 1 unspecified atom stereocenters. The number of pyridine rings is 1. The van der Waals surface area contributed by atoms with E-state index in [4.69, 9.17) is 6.42 Å². The van der Waals surface area contributed by atoms with Crippen LogP contribution in [0.4, 0.5) is 0 Å². The minimum absolute atomic E-state index is 0.0742. The highest BCUT2D eigenvalue weighted by Gasteiger charge is 2.10. The van der Waals surface area contributed by atoms with Crippen LogP contribution in [0, 0.1) is 12.3 Å². The van der Waals surface area contributed by atoms with E-state index < -0.39 is 0 Å². The Bertz CT molecular complexity index is 478. The Hall–Kier alpha value is -1.79. The second-order valence-corrected chi connectivity index (χ2v) is 3.02. The molecule has 1 atom stereocenters. The first kappa shape index (κ1) is 8.79. The van der Waals surface area contributed by atoms with Gasteiger partial charge < -0.3 is 5.32 Å². The zero-order valence-corrected chi connectivity index (χ0v) is 7.94. The van der Waals surface area contributed by atoms with Gasteiger partial charge in [0.25, 0.3) is 0 Å². The Morgan fingerprint density at radius 3 is 3.14 bits per heavy atom. The lowest BCUT2D eigenvalue weighted by molar-refractivity contribution is 0.742. The fourth-order valence-electron chi connectivity index (χ4n) is 1.51. The summed E-state index contributed by atoms with van der Waals surface area (Å²) in [7, 11) is 1.84. The molecule has 14 heavy (non-hydrogen) atoms. The van der Waals surface area contributed by atoms with Crippen LogP contribution in [0.3, 0.4) is 0 Å². The minimum atomic E-state index is -0.0742. The van der Waals surface area contributed by atoms with Crippen molar-refractivity contribution >= 4 is 5.52 Å². The maximum absolute atomic E-state index is 5.42. The van der Waals surface area contributed by atoms with Gasteiger partial charge in [0.2, 0.25) is 0 Å². The predicted octanol–water partition coefficient (Wildman–Crippen LogP) is 1.23. The minimum Gasteiger partial charge on any atom is -0.303 e. The van der Waals surface area contributed by atoms with Crippen LogP contribution in [0.1, 0.15) is 11.6 Å². The fourth-order valence-corrected chi connectivity index (χ4v) is 1.51. The van der Waals surface area contributed by atoms with Crippen molar-refractivity contribution in [2.75, 3.05) is 7.05 Å². The van der Waals surface area contributed by atoms with Crippen molar-refractivity contribution in [2.24, 2.45) is 0 Å². The zero-order valence-electron chi connectivity index (χ0n) is 7.94. The summed E-state index contributed by atoms with van der Waals surface area (Å²) in [5.74, 6) is 2.68. The maximum Gasteiger partial charge on any atom is 0.0977 e. The summed E-state index contributed by atoms with van der Waals surface area (Å²) in [6.45, 7) is 0. The largest absolute Gasteiger partial charge is 0.303 e. The summed E-state index contributed by atoms with van der Waals surface area (Å²) >= 11 is 0. The Morgan fingerprint density at radius 2 is 2.43 bits per heavy atom. The summed E-state index contributed by atoms with van der Waals surface area (Å²) in [4.78, 5) is 0. The normalized spacial score (nSPS) is 12.6. The van der Waals surface area contributed by atoms with E-state index in [1.807, 2.05) is 36.0 Å². The van der Waals surface area contributed by atoms with Gasteiger partial charge >= 0.3 is 0 Å². The number of fused-ring (bicyclic) bond motifs is 1. The molecule has 0 spiro atoms. The van der Waals surface area contributed by atoms with E-state index in [-0.39, 0.29) is 6.04 Å². The molecule has 0 radical (unpaired) electrons. The molecule has 0 aliphatic carbocycles. The molecule has 0 saturated heterocycles. The molecule has 70 valence electrons. The summed E-state index contributed by atoms with van der Waals surface area (Å²) in [5, 5.41) is 7.27. The molecule has 2 heterocycles. The molecule has 0 aliphatic rings. The van der Waals surface area contributed by atoms with E-state index >= 15 is 0 Å². The molecule has 0 aliphatic heterocycles. The molecule has 0 fully saturated rings. The molecule has 0 aromatic carbocycles. The zero-order chi connectivity index (χ0) is 9.97. The van der Waals surface area contributed by atoms with Gasteiger partial charge in [-0.05, 0) is 19.2 Å². The Balaban J connectivity index is 2.59. The maximum atomic E-state index is 5.42. The second kappa shape index (κ2) is 3.52. The van der Waals surface area contributed by atoms with E-state index in [9.17, 15) is 0 Å². The summed E-state index contributed by atoms with van der Waals surface area (Å²) in [6, 6.07) is 5.84. The number of rotatable bonds is 2. The Labute approximate surface area is 82.7 Å². The van der Waals surface area contributed by atoms with Gasteiger partial charge in [0, 0.05) is 11.8 Å². The van der Waals surface area contributed by atoms with Crippen molar-refractivity contribution < 1.29 is 0 Å². The lowest BCUT2D eigenvalue weighted by Crippen LogP contribution is -2.13. The van der Waals surface area contributed by atoms with Gasteiger partial charge in [0.1, 0.15) is 0 Å². The van der Waals surface area contributed by atoms with Crippen molar-refractivity contribution in [2.45, 2.75) is 6.04 Å². The number of nitrogens with zero attached hydrogens (tertiary/aromatic N) is 2. The quantitative estimate of drug-likeness (QED) is 0.713. The van der Waals surface area contributed by atoms with Gasteiger partial charge in [0.15, 0.2) is 0 Å². The van der Waals surface area contributed by atoms with Crippen LogP contribution in [-0.2, 0) is 0 Å². The standard InChI is InChI=1S/C11H11N3/c1-3-10(12-2)9-8-13-14-7-5-4-6-11(9)14/h1,4-8,10,12H,2H3. The lowest BCUT2D eigenvalue weighted by Gasteiger charge is -2.06. The molecule has 0 saturated carbocycles. The van der Waals surface area contributed by atoms with Crippen LogP contribution in [0.15, 0.2) is 30.6 Å². The highest BCUT2D eigenvalue weighted by atomic mass is 15.2. The van der Waals surface area contributed by atoms with Crippen LogP contribution >= 0.6 is 0 Å². The number of nitrogens with one attached hydrogen (secondary N) is 1. The second-order valence-electron chi connectivity index (χ2n) is 3.02. The summed E-state index contributed by atoms with van der Waals surface area (Å²) in [6.07, 6.45) is 9.12. The van der Waals surface area contributed by atoms with Crippen molar-refractivity contribution in [1.82, 2.24) is 14.9 Å². The highest BCUT2D eigenvalue weighted by molar-refractivity contribution is 5.56. The van der Waals surface area contributed by atoms with E-state index in [2.05, 4.69) is 16.3 Å². The van der Waals surface area contributed by atoms with Gasteiger partial charge in [-0.15, -0.1) is 6.42 Å². The van der Waals surface area contributed by atoms with Crippen LogP contribution in [0.5, 0.6) is 0 Å². The molecule has 0 bridgehead atoms. The molecular weight excluding hydrogens is 174 g/mol.